The Morgan fingerprint density at radius 3 is 2.73 bits per heavy atom. The molecule has 1 amide bonds. The fraction of sp³-hybridized carbons (Fsp3) is 0.222. The number of nitrogens with two attached hydrogens (primary N) is 1. The molecule has 3 N–H and O–H groups in total. The van der Waals surface area contributed by atoms with Crippen LogP contribution < -0.4 is 11.1 Å². The summed E-state index contributed by atoms with van der Waals surface area (Å²) in [5, 5.41) is 13.3. The Bertz CT molecular complexity index is 404. The number of nitro groups is 1. The zero-order valence-corrected chi connectivity index (χ0v) is 8.19. The number of rotatable bonds is 4. The van der Waals surface area contributed by atoms with E-state index in [4.69, 9.17) is 5.73 Å². The number of benzene rings is 1. The predicted octanol–water partition coefficient (Wildman–Crippen LogP) is 0.800. The lowest BCUT2D eigenvalue weighted by Crippen LogP contribution is -2.21. The number of carbonyl (C=O) groups is 1. The van der Waals surface area contributed by atoms with Crippen LogP contribution in [-0.2, 0) is 4.79 Å². The Morgan fingerprint density at radius 2 is 2.27 bits per heavy atom. The highest BCUT2D eigenvalue weighted by Gasteiger charge is 2.09. The van der Waals surface area contributed by atoms with E-state index in [1.54, 1.807) is 13.0 Å². The molecular weight excluding hydrogens is 198 g/mol. The first-order valence-corrected chi connectivity index (χ1v) is 4.28. The minimum atomic E-state index is -0.481. The van der Waals surface area contributed by atoms with E-state index in [1.165, 1.54) is 12.1 Å². The van der Waals surface area contributed by atoms with Gasteiger partial charge in [-0.05, 0) is 19.1 Å². The molecule has 1 aromatic rings. The van der Waals surface area contributed by atoms with Crippen LogP contribution in [0.2, 0.25) is 0 Å². The molecule has 6 heteroatoms. The SMILES string of the molecule is Cc1cc(NCC(N)=O)ccc1[N+](=O)[O-]. The molecule has 0 heterocycles. The number of nitrogens with one attached hydrogen (secondary N) is 1. The second-order valence-corrected chi connectivity index (χ2v) is 3.08. The van der Waals surface area contributed by atoms with Crippen LogP contribution in [0.4, 0.5) is 11.4 Å². The Morgan fingerprint density at radius 1 is 1.60 bits per heavy atom. The van der Waals surface area contributed by atoms with Crippen molar-refractivity contribution in [2.45, 2.75) is 6.92 Å². The quantitative estimate of drug-likeness (QED) is 0.566. The van der Waals surface area contributed by atoms with Crippen LogP contribution in [0.1, 0.15) is 5.56 Å². The van der Waals surface area contributed by atoms with Crippen molar-refractivity contribution in [3.05, 3.63) is 33.9 Å². The Labute approximate surface area is 86.2 Å². The van der Waals surface area contributed by atoms with Crippen molar-refractivity contribution in [3.8, 4) is 0 Å². The third-order valence-corrected chi connectivity index (χ3v) is 1.86. The van der Waals surface area contributed by atoms with Gasteiger partial charge in [0.25, 0.3) is 5.69 Å². The van der Waals surface area contributed by atoms with Gasteiger partial charge in [0.1, 0.15) is 0 Å². The van der Waals surface area contributed by atoms with Gasteiger partial charge in [0.15, 0.2) is 0 Å². The van der Waals surface area contributed by atoms with Gasteiger partial charge in [-0.1, -0.05) is 0 Å². The van der Waals surface area contributed by atoms with E-state index in [0.29, 0.717) is 11.3 Å². The van der Waals surface area contributed by atoms with Crippen molar-refractivity contribution >= 4 is 17.3 Å². The lowest BCUT2D eigenvalue weighted by molar-refractivity contribution is -0.385. The summed E-state index contributed by atoms with van der Waals surface area (Å²) in [6.45, 7) is 1.64. The molecule has 0 saturated heterocycles. The molecule has 0 atom stereocenters. The van der Waals surface area contributed by atoms with Gasteiger partial charge >= 0.3 is 0 Å². The fourth-order valence-electron chi connectivity index (χ4n) is 1.16. The molecule has 0 unspecified atom stereocenters. The highest BCUT2D eigenvalue weighted by molar-refractivity contribution is 5.78. The van der Waals surface area contributed by atoms with Crippen LogP contribution in [0.15, 0.2) is 18.2 Å². The Kier molecular flexibility index (Phi) is 3.22. The molecule has 15 heavy (non-hydrogen) atoms. The van der Waals surface area contributed by atoms with Crippen molar-refractivity contribution in [1.82, 2.24) is 0 Å². The molecule has 0 saturated carbocycles. The minimum Gasteiger partial charge on any atom is -0.376 e. The van der Waals surface area contributed by atoms with Crippen molar-refractivity contribution in [3.63, 3.8) is 0 Å². The third-order valence-electron chi connectivity index (χ3n) is 1.86. The molecule has 0 aliphatic heterocycles. The molecule has 0 aliphatic rings. The molecule has 0 fully saturated rings. The number of carbonyl (C=O) groups excluding carboxylic acids is 1. The maximum atomic E-state index is 10.5. The largest absolute Gasteiger partial charge is 0.376 e. The first-order valence-electron chi connectivity index (χ1n) is 4.28. The van der Waals surface area contributed by atoms with Crippen molar-refractivity contribution in [2.24, 2.45) is 5.73 Å². The van der Waals surface area contributed by atoms with Crippen molar-refractivity contribution in [1.29, 1.82) is 0 Å². The number of anilines is 1. The minimum absolute atomic E-state index is 0.0112. The molecule has 0 aromatic heterocycles. The molecule has 6 nitrogen and oxygen atoms in total. The van der Waals surface area contributed by atoms with Gasteiger partial charge in [0, 0.05) is 17.3 Å². The number of amides is 1. The van der Waals surface area contributed by atoms with Gasteiger partial charge in [-0.15, -0.1) is 0 Å². The summed E-state index contributed by atoms with van der Waals surface area (Å²) in [4.78, 5) is 20.5. The molecule has 0 radical (unpaired) electrons. The lowest BCUT2D eigenvalue weighted by Gasteiger charge is -2.04. The highest BCUT2D eigenvalue weighted by Crippen LogP contribution is 2.21. The smallest absolute Gasteiger partial charge is 0.272 e. The Balaban J connectivity index is 2.82. The summed E-state index contributed by atoms with van der Waals surface area (Å²) in [7, 11) is 0. The van der Waals surface area contributed by atoms with Crippen molar-refractivity contribution < 1.29 is 9.72 Å². The standard InChI is InChI=1S/C9H11N3O3/c1-6-4-7(11-5-9(10)13)2-3-8(6)12(14)15/h2-4,11H,5H2,1H3,(H2,10,13). The number of hydrogen-bond donors (Lipinski definition) is 2. The maximum Gasteiger partial charge on any atom is 0.272 e. The number of primary amides is 1. The normalized spacial score (nSPS) is 9.67. The lowest BCUT2D eigenvalue weighted by atomic mass is 10.2. The van der Waals surface area contributed by atoms with Crippen molar-refractivity contribution in [2.75, 3.05) is 11.9 Å². The van der Waals surface area contributed by atoms with Gasteiger partial charge in [0.2, 0.25) is 5.91 Å². The third kappa shape index (κ3) is 2.94. The molecule has 1 aromatic carbocycles. The van der Waals surface area contributed by atoms with Crippen LogP contribution in [0.5, 0.6) is 0 Å². The van der Waals surface area contributed by atoms with Gasteiger partial charge in [0.05, 0.1) is 11.5 Å². The summed E-state index contributed by atoms with van der Waals surface area (Å²) in [6.07, 6.45) is 0. The topological polar surface area (TPSA) is 98.3 Å². The number of hydrogen-bond acceptors (Lipinski definition) is 4. The molecule has 0 bridgehead atoms. The van der Waals surface area contributed by atoms with E-state index in [2.05, 4.69) is 5.32 Å². The second kappa shape index (κ2) is 4.41. The monoisotopic (exact) mass is 209 g/mol. The number of nitro benzene ring substituents is 1. The predicted molar refractivity (Wildman–Crippen MR) is 55.5 cm³/mol. The van der Waals surface area contributed by atoms with E-state index < -0.39 is 10.8 Å². The Hall–Kier alpha value is -2.11. The van der Waals surface area contributed by atoms with Gasteiger partial charge < -0.3 is 11.1 Å². The second-order valence-electron chi connectivity index (χ2n) is 3.08. The van der Waals surface area contributed by atoms with E-state index in [0.717, 1.165) is 0 Å². The van der Waals surface area contributed by atoms with Crippen LogP contribution in [0.3, 0.4) is 0 Å². The molecule has 1 rings (SSSR count). The molecule has 0 aliphatic carbocycles. The van der Waals surface area contributed by atoms with E-state index >= 15 is 0 Å². The van der Waals surface area contributed by atoms with E-state index in [1.807, 2.05) is 0 Å². The zero-order chi connectivity index (χ0) is 11.4. The van der Waals surface area contributed by atoms with Gasteiger partial charge in [-0.25, -0.2) is 0 Å². The number of aryl methyl sites for hydroxylation is 1. The summed E-state index contributed by atoms with van der Waals surface area (Å²) < 4.78 is 0. The first kappa shape index (κ1) is 11.0. The first-order chi connectivity index (χ1) is 7.00. The molecule has 0 spiro atoms. The van der Waals surface area contributed by atoms with Crippen LogP contribution in [0.25, 0.3) is 0 Å². The van der Waals surface area contributed by atoms with Crippen LogP contribution in [-0.4, -0.2) is 17.4 Å². The van der Waals surface area contributed by atoms with Crippen LogP contribution in [0, 0.1) is 17.0 Å². The highest BCUT2D eigenvalue weighted by atomic mass is 16.6. The summed E-state index contributed by atoms with van der Waals surface area (Å²) in [6, 6.07) is 4.52. The van der Waals surface area contributed by atoms with Gasteiger partial charge in [-0.3, -0.25) is 14.9 Å². The van der Waals surface area contributed by atoms with Crippen LogP contribution >= 0.6 is 0 Å². The fourth-order valence-corrected chi connectivity index (χ4v) is 1.16. The van der Waals surface area contributed by atoms with Gasteiger partial charge in [-0.2, -0.15) is 0 Å². The van der Waals surface area contributed by atoms with E-state index in [-0.39, 0.29) is 12.2 Å². The summed E-state index contributed by atoms with van der Waals surface area (Å²) in [5.74, 6) is -0.481. The molecule has 80 valence electrons. The zero-order valence-electron chi connectivity index (χ0n) is 8.19. The molecular formula is C9H11N3O3. The summed E-state index contributed by atoms with van der Waals surface area (Å²) >= 11 is 0. The van der Waals surface area contributed by atoms with E-state index in [9.17, 15) is 14.9 Å². The summed E-state index contributed by atoms with van der Waals surface area (Å²) in [5.41, 5.74) is 6.17. The average Bonchev–Trinajstić information content (AvgIpc) is 2.14. The maximum absolute atomic E-state index is 10.5. The average molecular weight is 209 g/mol. The number of nitrogens with zero attached hydrogens (tertiary/aromatic N) is 1.